The van der Waals surface area contributed by atoms with E-state index in [4.69, 9.17) is 0 Å². The predicted octanol–water partition coefficient (Wildman–Crippen LogP) is 3.32. The summed E-state index contributed by atoms with van der Waals surface area (Å²) in [5.41, 5.74) is 3.71. The van der Waals surface area contributed by atoms with Crippen LogP contribution in [0.5, 0.6) is 0 Å². The highest BCUT2D eigenvalue weighted by molar-refractivity contribution is 9.10. The van der Waals surface area contributed by atoms with Gasteiger partial charge in [-0.25, -0.2) is 13.4 Å². The molecule has 1 N–H and O–H groups in total. The van der Waals surface area contributed by atoms with E-state index in [9.17, 15) is 8.42 Å². The minimum atomic E-state index is -3.49. The zero-order chi connectivity index (χ0) is 17.6. The van der Waals surface area contributed by atoms with Crippen LogP contribution in [0.4, 0.5) is 5.82 Å². The molecule has 0 fully saturated rings. The lowest BCUT2D eigenvalue weighted by Crippen LogP contribution is -2.30. The molecule has 24 heavy (non-hydrogen) atoms. The Balaban J connectivity index is 2.07. The van der Waals surface area contributed by atoms with Gasteiger partial charge in [-0.1, -0.05) is 41.9 Å². The van der Waals surface area contributed by atoms with Crippen molar-refractivity contribution < 1.29 is 8.42 Å². The standard InChI is InChI=1S/C16H19BrN4O2S/c1-3-21(4-2)24(22,23)15-8-9-16(18-12-15)20-19-11-13-6-5-7-14(17)10-13/h5-12H,3-4H2,1-2H3,(H,18,20)/b19-11+. The van der Waals surface area contributed by atoms with Gasteiger partial charge < -0.3 is 0 Å². The van der Waals surface area contributed by atoms with Crippen molar-refractivity contribution in [1.82, 2.24) is 9.29 Å². The lowest BCUT2D eigenvalue weighted by Gasteiger charge is -2.18. The molecule has 128 valence electrons. The molecule has 2 aromatic rings. The van der Waals surface area contributed by atoms with Gasteiger partial charge in [0.25, 0.3) is 0 Å². The first-order chi connectivity index (χ1) is 11.5. The molecule has 0 aliphatic rings. The molecular weight excluding hydrogens is 392 g/mol. The van der Waals surface area contributed by atoms with E-state index in [0.717, 1.165) is 10.0 Å². The van der Waals surface area contributed by atoms with Crippen LogP contribution in [0.25, 0.3) is 0 Å². The summed E-state index contributed by atoms with van der Waals surface area (Å²) in [5, 5.41) is 4.09. The third kappa shape index (κ3) is 4.62. The van der Waals surface area contributed by atoms with E-state index in [-0.39, 0.29) is 4.90 Å². The zero-order valence-electron chi connectivity index (χ0n) is 13.5. The molecule has 0 atom stereocenters. The minimum absolute atomic E-state index is 0.174. The second kappa shape index (κ2) is 8.36. The molecule has 2 rings (SSSR count). The Morgan fingerprint density at radius 2 is 2.00 bits per heavy atom. The van der Waals surface area contributed by atoms with Gasteiger partial charge in [-0.05, 0) is 29.8 Å². The molecule has 0 bridgehead atoms. The van der Waals surface area contributed by atoms with E-state index in [1.165, 1.54) is 16.6 Å². The average Bonchev–Trinajstić information content (AvgIpc) is 2.56. The van der Waals surface area contributed by atoms with Gasteiger partial charge in [0.15, 0.2) is 0 Å². The van der Waals surface area contributed by atoms with Gasteiger partial charge in [-0.3, -0.25) is 5.43 Å². The second-order valence-electron chi connectivity index (χ2n) is 4.89. The van der Waals surface area contributed by atoms with Crippen LogP contribution in [0.3, 0.4) is 0 Å². The Kier molecular flexibility index (Phi) is 6.47. The molecule has 1 heterocycles. The first-order valence-electron chi connectivity index (χ1n) is 7.48. The quantitative estimate of drug-likeness (QED) is 0.560. The highest BCUT2D eigenvalue weighted by Gasteiger charge is 2.21. The number of pyridine rings is 1. The summed E-state index contributed by atoms with van der Waals surface area (Å²) < 4.78 is 27.1. The van der Waals surface area contributed by atoms with Crippen molar-refractivity contribution >= 4 is 38.0 Å². The Bertz CT molecular complexity index is 803. The first-order valence-corrected chi connectivity index (χ1v) is 9.71. The van der Waals surface area contributed by atoms with E-state index in [1.807, 2.05) is 24.3 Å². The van der Waals surface area contributed by atoms with Crippen LogP contribution in [0.15, 0.2) is 57.1 Å². The van der Waals surface area contributed by atoms with E-state index < -0.39 is 10.0 Å². The minimum Gasteiger partial charge on any atom is -0.261 e. The van der Waals surface area contributed by atoms with Crippen molar-refractivity contribution in [1.29, 1.82) is 0 Å². The Morgan fingerprint density at radius 3 is 2.58 bits per heavy atom. The van der Waals surface area contributed by atoms with E-state index >= 15 is 0 Å². The summed E-state index contributed by atoms with van der Waals surface area (Å²) in [6.45, 7) is 4.47. The summed E-state index contributed by atoms with van der Waals surface area (Å²) in [7, 11) is -3.49. The van der Waals surface area contributed by atoms with E-state index in [2.05, 4.69) is 31.4 Å². The lowest BCUT2D eigenvalue weighted by molar-refractivity contribution is 0.445. The van der Waals surface area contributed by atoms with Crippen molar-refractivity contribution in [2.75, 3.05) is 18.5 Å². The van der Waals surface area contributed by atoms with Crippen molar-refractivity contribution in [3.05, 3.63) is 52.6 Å². The Hall–Kier alpha value is -1.77. The molecule has 0 radical (unpaired) electrons. The van der Waals surface area contributed by atoms with Crippen LogP contribution in [-0.2, 0) is 10.0 Å². The summed E-state index contributed by atoms with van der Waals surface area (Å²) in [6.07, 6.45) is 3.00. The number of aromatic nitrogens is 1. The largest absolute Gasteiger partial charge is 0.261 e. The molecule has 0 saturated carbocycles. The summed E-state index contributed by atoms with van der Waals surface area (Å²) >= 11 is 3.39. The SMILES string of the molecule is CCN(CC)S(=O)(=O)c1ccc(N/N=C/c2cccc(Br)c2)nc1. The monoisotopic (exact) mass is 410 g/mol. The number of nitrogens with zero attached hydrogens (tertiary/aromatic N) is 3. The fourth-order valence-electron chi connectivity index (χ4n) is 2.07. The molecule has 0 aliphatic carbocycles. The number of hydrogen-bond donors (Lipinski definition) is 1. The summed E-state index contributed by atoms with van der Waals surface area (Å²) in [4.78, 5) is 4.28. The van der Waals surface area contributed by atoms with Crippen molar-refractivity contribution in [3.63, 3.8) is 0 Å². The smallest absolute Gasteiger partial charge is 0.244 e. The zero-order valence-corrected chi connectivity index (χ0v) is 15.9. The number of rotatable bonds is 7. The number of benzene rings is 1. The fraction of sp³-hybridized carbons (Fsp3) is 0.250. The molecule has 0 spiro atoms. The van der Waals surface area contributed by atoms with E-state index in [1.54, 1.807) is 26.1 Å². The number of halogens is 1. The van der Waals surface area contributed by atoms with Crippen molar-refractivity contribution in [2.24, 2.45) is 5.10 Å². The maximum Gasteiger partial charge on any atom is 0.244 e. The number of sulfonamides is 1. The number of nitrogens with one attached hydrogen (secondary N) is 1. The normalized spacial score (nSPS) is 12.0. The van der Waals surface area contributed by atoms with Crippen LogP contribution in [0, 0.1) is 0 Å². The van der Waals surface area contributed by atoms with Crippen molar-refractivity contribution in [2.45, 2.75) is 18.7 Å². The Labute approximate surface area is 150 Å². The number of anilines is 1. The number of hydrogen-bond acceptors (Lipinski definition) is 5. The average molecular weight is 411 g/mol. The molecule has 0 unspecified atom stereocenters. The van der Waals surface area contributed by atoms with Gasteiger partial charge >= 0.3 is 0 Å². The topological polar surface area (TPSA) is 74.7 Å². The maximum atomic E-state index is 12.4. The van der Waals surface area contributed by atoms with Gasteiger partial charge in [-0.15, -0.1) is 0 Å². The first kappa shape index (κ1) is 18.6. The van der Waals surface area contributed by atoms with E-state index in [0.29, 0.717) is 18.9 Å². The molecular formula is C16H19BrN4O2S. The molecule has 6 nitrogen and oxygen atoms in total. The van der Waals surface area contributed by atoms with Gasteiger partial charge in [0.1, 0.15) is 10.7 Å². The fourth-order valence-corrected chi connectivity index (χ4v) is 3.89. The highest BCUT2D eigenvalue weighted by Crippen LogP contribution is 2.16. The van der Waals surface area contributed by atoms with Crippen molar-refractivity contribution in [3.8, 4) is 0 Å². The highest BCUT2D eigenvalue weighted by atomic mass is 79.9. The molecule has 0 amide bonds. The third-order valence-corrected chi connectivity index (χ3v) is 5.85. The molecule has 1 aromatic heterocycles. The predicted molar refractivity (Wildman–Crippen MR) is 99.7 cm³/mol. The molecule has 0 aliphatic heterocycles. The maximum absolute atomic E-state index is 12.4. The summed E-state index contributed by atoms with van der Waals surface area (Å²) in [5.74, 6) is 0.472. The number of hydrazone groups is 1. The molecule has 8 heteroatoms. The molecule has 1 aromatic carbocycles. The van der Waals surface area contributed by atoms with Crippen LogP contribution in [0.2, 0.25) is 0 Å². The van der Waals surface area contributed by atoms with Crippen LogP contribution < -0.4 is 5.43 Å². The van der Waals surface area contributed by atoms with Gasteiger partial charge in [0, 0.05) is 23.8 Å². The van der Waals surface area contributed by atoms with Gasteiger partial charge in [0.05, 0.1) is 6.21 Å². The second-order valence-corrected chi connectivity index (χ2v) is 7.75. The van der Waals surface area contributed by atoms with Gasteiger partial charge in [0.2, 0.25) is 10.0 Å². The van der Waals surface area contributed by atoms with Gasteiger partial charge in [-0.2, -0.15) is 9.41 Å². The third-order valence-electron chi connectivity index (χ3n) is 3.32. The lowest BCUT2D eigenvalue weighted by atomic mass is 10.2. The van der Waals surface area contributed by atoms with Crippen LogP contribution in [0.1, 0.15) is 19.4 Å². The van der Waals surface area contributed by atoms with Crippen LogP contribution in [-0.4, -0.2) is 37.0 Å². The molecule has 0 saturated heterocycles. The summed E-state index contributed by atoms with van der Waals surface area (Å²) in [6, 6.07) is 10.8. The van der Waals surface area contributed by atoms with Crippen LogP contribution >= 0.6 is 15.9 Å². The Morgan fingerprint density at radius 1 is 1.25 bits per heavy atom.